The van der Waals surface area contributed by atoms with E-state index in [4.69, 9.17) is 14.7 Å². The molecule has 0 aliphatic carbocycles. The van der Waals surface area contributed by atoms with E-state index in [1.54, 1.807) is 31.2 Å². The third-order valence-electron chi connectivity index (χ3n) is 3.16. The molecule has 1 atom stereocenters. The average molecular weight is 326 g/mol. The first kappa shape index (κ1) is 17.0. The van der Waals surface area contributed by atoms with Gasteiger partial charge in [-0.05, 0) is 48.9 Å². The van der Waals surface area contributed by atoms with Gasteiger partial charge in [-0.1, -0.05) is 0 Å². The number of nitro groups is 1. The number of non-ortho nitro benzene ring substituents is 1. The number of nitro benzene ring substituents is 1. The number of rotatable bonds is 6. The van der Waals surface area contributed by atoms with Gasteiger partial charge < -0.3 is 9.47 Å². The van der Waals surface area contributed by atoms with Gasteiger partial charge in [0.05, 0.1) is 16.6 Å². The Bertz CT molecular complexity index is 763. The van der Waals surface area contributed by atoms with Crippen LogP contribution in [0.25, 0.3) is 0 Å². The third kappa shape index (κ3) is 4.55. The molecule has 24 heavy (non-hydrogen) atoms. The minimum absolute atomic E-state index is 0.00209. The van der Waals surface area contributed by atoms with Crippen LogP contribution in [0.4, 0.5) is 5.69 Å². The molecule has 0 amide bonds. The van der Waals surface area contributed by atoms with Gasteiger partial charge in [-0.3, -0.25) is 10.1 Å². The highest BCUT2D eigenvalue weighted by molar-refractivity contribution is 5.74. The second kappa shape index (κ2) is 7.74. The van der Waals surface area contributed by atoms with Gasteiger partial charge in [-0.25, -0.2) is 4.79 Å². The van der Waals surface area contributed by atoms with Crippen molar-refractivity contribution in [2.75, 3.05) is 0 Å². The van der Waals surface area contributed by atoms with Crippen molar-refractivity contribution in [2.24, 2.45) is 0 Å². The highest BCUT2D eigenvalue weighted by atomic mass is 16.6. The number of carbonyl (C=O) groups excluding carboxylic acids is 1. The zero-order valence-electron chi connectivity index (χ0n) is 12.8. The normalized spacial score (nSPS) is 11.2. The van der Waals surface area contributed by atoms with Crippen molar-refractivity contribution in [2.45, 2.75) is 19.6 Å². The van der Waals surface area contributed by atoms with Gasteiger partial charge in [-0.2, -0.15) is 5.26 Å². The molecule has 0 aromatic heterocycles. The van der Waals surface area contributed by atoms with Crippen molar-refractivity contribution in [3.8, 4) is 11.8 Å². The van der Waals surface area contributed by atoms with E-state index >= 15 is 0 Å². The maximum Gasteiger partial charge on any atom is 0.347 e. The van der Waals surface area contributed by atoms with E-state index in [9.17, 15) is 14.9 Å². The average Bonchev–Trinajstić information content (AvgIpc) is 2.60. The molecular weight excluding hydrogens is 312 g/mol. The Morgan fingerprint density at radius 3 is 2.38 bits per heavy atom. The lowest BCUT2D eigenvalue weighted by atomic mass is 10.2. The highest BCUT2D eigenvalue weighted by Gasteiger charge is 2.16. The van der Waals surface area contributed by atoms with Crippen molar-refractivity contribution in [1.82, 2.24) is 0 Å². The summed E-state index contributed by atoms with van der Waals surface area (Å²) in [6.45, 7) is 1.55. The Labute approximate surface area is 138 Å². The fourth-order valence-corrected chi connectivity index (χ4v) is 1.85. The van der Waals surface area contributed by atoms with Crippen molar-refractivity contribution < 1.29 is 19.2 Å². The predicted octanol–water partition coefficient (Wildman–Crippen LogP) is 2.98. The summed E-state index contributed by atoms with van der Waals surface area (Å²) < 4.78 is 10.6. The number of carbonyl (C=O) groups is 1. The van der Waals surface area contributed by atoms with Crippen LogP contribution in [-0.2, 0) is 16.1 Å². The van der Waals surface area contributed by atoms with E-state index < -0.39 is 17.0 Å². The fourth-order valence-electron chi connectivity index (χ4n) is 1.85. The minimum Gasteiger partial charge on any atom is -0.479 e. The molecule has 7 nitrogen and oxygen atoms in total. The molecule has 2 aromatic carbocycles. The Morgan fingerprint density at radius 2 is 1.83 bits per heavy atom. The lowest BCUT2D eigenvalue weighted by Crippen LogP contribution is -2.26. The van der Waals surface area contributed by atoms with Crippen LogP contribution < -0.4 is 4.74 Å². The van der Waals surface area contributed by atoms with Gasteiger partial charge in [0.15, 0.2) is 6.10 Å². The number of ether oxygens (including phenoxy) is 2. The summed E-state index contributed by atoms with van der Waals surface area (Å²) in [7, 11) is 0. The lowest BCUT2D eigenvalue weighted by Gasteiger charge is -2.14. The van der Waals surface area contributed by atoms with Crippen LogP contribution in [-0.4, -0.2) is 17.0 Å². The summed E-state index contributed by atoms with van der Waals surface area (Å²) in [4.78, 5) is 22.0. The summed E-state index contributed by atoms with van der Waals surface area (Å²) in [6, 6.07) is 14.1. The van der Waals surface area contributed by atoms with Crippen molar-refractivity contribution >= 4 is 11.7 Å². The molecule has 0 saturated heterocycles. The highest BCUT2D eigenvalue weighted by Crippen LogP contribution is 2.15. The number of benzene rings is 2. The zero-order chi connectivity index (χ0) is 17.5. The molecule has 0 fully saturated rings. The Kier molecular flexibility index (Phi) is 5.47. The number of nitriles is 1. The van der Waals surface area contributed by atoms with Crippen LogP contribution in [0.3, 0.4) is 0 Å². The van der Waals surface area contributed by atoms with Gasteiger partial charge >= 0.3 is 5.97 Å². The van der Waals surface area contributed by atoms with Gasteiger partial charge in [-0.15, -0.1) is 0 Å². The Morgan fingerprint density at radius 1 is 1.21 bits per heavy atom. The van der Waals surface area contributed by atoms with Crippen molar-refractivity contribution in [3.63, 3.8) is 0 Å². The van der Waals surface area contributed by atoms with Gasteiger partial charge in [0.1, 0.15) is 12.4 Å². The topological polar surface area (TPSA) is 102 Å². The minimum atomic E-state index is -0.823. The smallest absolute Gasteiger partial charge is 0.347 e. The monoisotopic (exact) mass is 326 g/mol. The number of hydrogen-bond acceptors (Lipinski definition) is 6. The van der Waals surface area contributed by atoms with E-state index in [1.807, 2.05) is 6.07 Å². The van der Waals surface area contributed by atoms with Crippen LogP contribution in [0.1, 0.15) is 18.1 Å². The summed E-state index contributed by atoms with van der Waals surface area (Å²) in [5.74, 6) is -0.105. The molecule has 0 unspecified atom stereocenters. The maximum absolute atomic E-state index is 11.9. The van der Waals surface area contributed by atoms with Crippen molar-refractivity contribution in [1.29, 1.82) is 5.26 Å². The van der Waals surface area contributed by atoms with Crippen LogP contribution in [0.5, 0.6) is 5.75 Å². The first-order chi connectivity index (χ1) is 11.5. The summed E-state index contributed by atoms with van der Waals surface area (Å²) in [5, 5.41) is 19.3. The van der Waals surface area contributed by atoms with Crippen molar-refractivity contribution in [3.05, 3.63) is 69.8 Å². The first-order valence-electron chi connectivity index (χ1n) is 7.06. The molecule has 7 heteroatoms. The number of nitrogens with zero attached hydrogens (tertiary/aromatic N) is 2. The third-order valence-corrected chi connectivity index (χ3v) is 3.16. The fraction of sp³-hybridized carbons (Fsp3) is 0.176. The molecule has 0 spiro atoms. The molecule has 0 bridgehead atoms. The molecular formula is C17H14N2O5. The van der Waals surface area contributed by atoms with E-state index in [1.165, 1.54) is 24.3 Å². The molecule has 0 aliphatic heterocycles. The van der Waals surface area contributed by atoms with Crippen LogP contribution in [0.2, 0.25) is 0 Å². The van der Waals surface area contributed by atoms with E-state index in [0.29, 0.717) is 16.9 Å². The van der Waals surface area contributed by atoms with E-state index in [0.717, 1.165) is 0 Å². The largest absolute Gasteiger partial charge is 0.479 e. The second-order valence-electron chi connectivity index (χ2n) is 4.93. The van der Waals surface area contributed by atoms with Gasteiger partial charge in [0.2, 0.25) is 0 Å². The van der Waals surface area contributed by atoms with E-state index in [2.05, 4.69) is 0 Å². The molecule has 0 aliphatic rings. The summed E-state index contributed by atoms with van der Waals surface area (Å²) in [5.41, 5.74) is 1.11. The second-order valence-corrected chi connectivity index (χ2v) is 4.93. The zero-order valence-corrected chi connectivity index (χ0v) is 12.8. The van der Waals surface area contributed by atoms with E-state index in [-0.39, 0.29) is 12.3 Å². The molecule has 0 saturated carbocycles. The van der Waals surface area contributed by atoms with Crippen LogP contribution in [0.15, 0.2) is 48.5 Å². The summed E-state index contributed by atoms with van der Waals surface area (Å²) >= 11 is 0. The molecule has 2 aromatic rings. The first-order valence-corrected chi connectivity index (χ1v) is 7.06. The van der Waals surface area contributed by atoms with Crippen LogP contribution >= 0.6 is 0 Å². The quantitative estimate of drug-likeness (QED) is 0.459. The summed E-state index contributed by atoms with van der Waals surface area (Å²) in [6.07, 6.45) is -0.823. The molecule has 0 N–H and O–H groups in total. The lowest BCUT2D eigenvalue weighted by molar-refractivity contribution is -0.384. The van der Waals surface area contributed by atoms with Gasteiger partial charge in [0.25, 0.3) is 5.69 Å². The molecule has 2 rings (SSSR count). The Balaban J connectivity index is 1.86. The SMILES string of the molecule is C[C@H](Oc1ccc(C#N)cc1)C(=O)OCc1ccc([N+](=O)[O-])cc1. The standard InChI is InChI=1S/C17H14N2O5/c1-12(24-16-8-4-13(10-18)5-9-16)17(20)23-11-14-2-6-15(7-3-14)19(21)22/h2-9,12H,11H2,1H3/t12-/m0/s1. The molecule has 0 radical (unpaired) electrons. The molecule has 122 valence electrons. The molecule has 0 heterocycles. The van der Waals surface area contributed by atoms with Crippen LogP contribution in [0, 0.1) is 21.4 Å². The van der Waals surface area contributed by atoms with Gasteiger partial charge in [0, 0.05) is 12.1 Å². The maximum atomic E-state index is 11.9. The predicted molar refractivity (Wildman–Crippen MR) is 84.1 cm³/mol. The number of hydrogen-bond donors (Lipinski definition) is 0. The Hall–Kier alpha value is -3.40. The number of esters is 1.